The molecule has 0 fully saturated rings. The smallest absolute Gasteiger partial charge is 0.277 e. The summed E-state index contributed by atoms with van der Waals surface area (Å²) in [6, 6.07) is -0.174. The van der Waals surface area contributed by atoms with Crippen molar-refractivity contribution in [1.82, 2.24) is 9.44 Å². The molecule has 0 bridgehead atoms. The van der Waals surface area contributed by atoms with Gasteiger partial charge in [0.1, 0.15) is 0 Å². The van der Waals surface area contributed by atoms with Gasteiger partial charge in [-0.2, -0.15) is 17.9 Å². The molecular weight excluding hydrogens is 208 g/mol. The lowest BCUT2D eigenvalue weighted by Crippen LogP contribution is -2.43. The number of ether oxygens (including phenoxy) is 1. The second-order valence-electron chi connectivity index (χ2n) is 3.23. The van der Waals surface area contributed by atoms with Crippen LogP contribution in [0, 0.1) is 0 Å². The molecule has 0 saturated carbocycles. The Labute approximate surface area is 84.8 Å². The lowest BCUT2D eigenvalue weighted by molar-refractivity contribution is 0.0678. The van der Waals surface area contributed by atoms with Gasteiger partial charge in [0, 0.05) is 19.7 Å². The van der Waals surface area contributed by atoms with Crippen LogP contribution in [-0.2, 0) is 14.9 Å². The molecule has 0 heterocycles. The Bertz CT molecular complexity index is 240. The van der Waals surface area contributed by atoms with Gasteiger partial charge in [0.15, 0.2) is 0 Å². The minimum atomic E-state index is -3.51. The van der Waals surface area contributed by atoms with Crippen molar-refractivity contribution in [3.8, 4) is 0 Å². The summed E-state index contributed by atoms with van der Waals surface area (Å²) >= 11 is 0. The van der Waals surface area contributed by atoms with Crippen LogP contribution < -0.4 is 9.44 Å². The maximum atomic E-state index is 11.2. The predicted octanol–water partition coefficient (Wildman–Crippen LogP) is -1.17. The fourth-order valence-electron chi connectivity index (χ4n) is 0.809. The molecule has 0 aromatic rings. The van der Waals surface area contributed by atoms with Gasteiger partial charge in [-0.15, -0.1) is 0 Å². The summed E-state index contributed by atoms with van der Waals surface area (Å²) in [7, 11) is -2.08. The van der Waals surface area contributed by atoms with Gasteiger partial charge in [-0.25, -0.2) is 0 Å². The van der Waals surface area contributed by atoms with E-state index in [-0.39, 0.29) is 19.2 Å². The monoisotopic (exact) mass is 226 g/mol. The first-order valence-corrected chi connectivity index (χ1v) is 5.79. The molecule has 1 atom stereocenters. The van der Waals surface area contributed by atoms with Crippen LogP contribution in [0.1, 0.15) is 13.8 Å². The van der Waals surface area contributed by atoms with Crippen LogP contribution in [0.2, 0.25) is 0 Å². The van der Waals surface area contributed by atoms with E-state index in [1.807, 2.05) is 0 Å². The molecule has 0 aromatic heterocycles. The Kier molecular flexibility index (Phi) is 6.21. The van der Waals surface area contributed by atoms with Crippen molar-refractivity contribution in [2.45, 2.75) is 26.0 Å². The third-order valence-electron chi connectivity index (χ3n) is 1.26. The van der Waals surface area contributed by atoms with E-state index < -0.39 is 16.3 Å². The summed E-state index contributed by atoms with van der Waals surface area (Å²) in [5.74, 6) is 0. The highest BCUT2D eigenvalue weighted by molar-refractivity contribution is 7.87. The molecule has 0 radical (unpaired) electrons. The first-order valence-electron chi connectivity index (χ1n) is 4.31. The van der Waals surface area contributed by atoms with Gasteiger partial charge in [0.25, 0.3) is 10.2 Å². The number of aliphatic hydroxyl groups excluding tert-OH is 1. The summed E-state index contributed by atoms with van der Waals surface area (Å²) in [6.45, 7) is 3.47. The third kappa shape index (κ3) is 7.22. The first kappa shape index (κ1) is 13.8. The largest absolute Gasteiger partial charge is 0.389 e. The van der Waals surface area contributed by atoms with Gasteiger partial charge in [0.2, 0.25) is 0 Å². The van der Waals surface area contributed by atoms with Crippen molar-refractivity contribution in [2.75, 3.05) is 20.3 Å². The Hall–Kier alpha value is -0.210. The van der Waals surface area contributed by atoms with Crippen molar-refractivity contribution < 1.29 is 18.3 Å². The zero-order valence-corrected chi connectivity index (χ0v) is 9.47. The molecule has 0 aromatic carbocycles. The van der Waals surface area contributed by atoms with Gasteiger partial charge in [-0.1, -0.05) is 0 Å². The minimum Gasteiger partial charge on any atom is -0.389 e. The van der Waals surface area contributed by atoms with E-state index in [0.29, 0.717) is 0 Å². The number of hydrogen-bond acceptors (Lipinski definition) is 4. The van der Waals surface area contributed by atoms with Crippen LogP contribution in [-0.4, -0.2) is 45.9 Å². The van der Waals surface area contributed by atoms with Gasteiger partial charge < -0.3 is 9.84 Å². The minimum absolute atomic E-state index is 0.0596. The average molecular weight is 226 g/mol. The van der Waals surface area contributed by atoms with Crippen LogP contribution in [0.5, 0.6) is 0 Å². The summed E-state index contributed by atoms with van der Waals surface area (Å²) in [5, 5.41) is 9.17. The quantitative estimate of drug-likeness (QED) is 0.510. The van der Waals surface area contributed by atoms with E-state index >= 15 is 0 Å². The van der Waals surface area contributed by atoms with E-state index in [2.05, 4.69) is 14.2 Å². The molecular formula is C7H18N2O4S. The van der Waals surface area contributed by atoms with Crippen LogP contribution in [0.4, 0.5) is 0 Å². The summed E-state index contributed by atoms with van der Waals surface area (Å²) in [4.78, 5) is 0. The topological polar surface area (TPSA) is 87.7 Å². The molecule has 0 rings (SSSR count). The van der Waals surface area contributed by atoms with Crippen molar-refractivity contribution in [3.05, 3.63) is 0 Å². The molecule has 86 valence electrons. The van der Waals surface area contributed by atoms with Crippen molar-refractivity contribution >= 4 is 10.2 Å². The van der Waals surface area contributed by atoms with Crippen LogP contribution >= 0.6 is 0 Å². The van der Waals surface area contributed by atoms with E-state index in [9.17, 15) is 8.42 Å². The SMILES string of the molecule is COCC(O)CNS(=O)(=O)NC(C)C. The summed E-state index contributed by atoms with van der Waals surface area (Å²) in [6.07, 6.45) is -0.830. The normalized spacial score (nSPS) is 14.6. The molecule has 14 heavy (non-hydrogen) atoms. The van der Waals surface area contributed by atoms with Crippen LogP contribution in [0.15, 0.2) is 0 Å². The standard InChI is InChI=1S/C7H18N2O4S/c1-6(2)9-14(11,12)8-4-7(10)5-13-3/h6-10H,4-5H2,1-3H3. The van der Waals surface area contributed by atoms with Crippen molar-refractivity contribution in [2.24, 2.45) is 0 Å². The Balaban J connectivity index is 3.87. The highest BCUT2D eigenvalue weighted by atomic mass is 32.2. The van der Waals surface area contributed by atoms with Crippen molar-refractivity contribution in [1.29, 1.82) is 0 Å². The van der Waals surface area contributed by atoms with E-state index in [1.54, 1.807) is 13.8 Å². The Morgan fingerprint density at radius 3 is 2.43 bits per heavy atom. The fourth-order valence-corrected chi connectivity index (χ4v) is 1.92. The van der Waals surface area contributed by atoms with E-state index in [1.165, 1.54) is 7.11 Å². The summed E-state index contributed by atoms with van der Waals surface area (Å²) < 4.78 is 31.5. The second-order valence-corrected chi connectivity index (χ2v) is 4.76. The molecule has 7 heteroatoms. The maximum Gasteiger partial charge on any atom is 0.277 e. The van der Waals surface area contributed by atoms with Gasteiger partial charge in [0.05, 0.1) is 12.7 Å². The average Bonchev–Trinajstić information content (AvgIpc) is 1.99. The lowest BCUT2D eigenvalue weighted by Gasteiger charge is -2.13. The predicted molar refractivity (Wildman–Crippen MR) is 53.1 cm³/mol. The molecule has 0 aliphatic carbocycles. The molecule has 0 spiro atoms. The first-order chi connectivity index (χ1) is 6.37. The molecule has 1 unspecified atom stereocenters. The lowest BCUT2D eigenvalue weighted by atomic mass is 10.4. The van der Waals surface area contributed by atoms with Crippen LogP contribution in [0.3, 0.4) is 0 Å². The zero-order chi connectivity index (χ0) is 11.2. The number of methoxy groups -OCH3 is 1. The van der Waals surface area contributed by atoms with Crippen LogP contribution in [0.25, 0.3) is 0 Å². The Morgan fingerprint density at radius 2 is 2.00 bits per heavy atom. The highest BCUT2D eigenvalue weighted by Gasteiger charge is 2.13. The van der Waals surface area contributed by atoms with Gasteiger partial charge in [-0.05, 0) is 13.8 Å². The van der Waals surface area contributed by atoms with E-state index in [0.717, 1.165) is 0 Å². The molecule has 0 aliphatic heterocycles. The summed E-state index contributed by atoms with van der Waals surface area (Å²) in [5.41, 5.74) is 0. The number of hydrogen-bond donors (Lipinski definition) is 3. The second kappa shape index (κ2) is 6.31. The number of aliphatic hydroxyl groups is 1. The number of rotatable bonds is 7. The maximum absolute atomic E-state index is 11.2. The van der Waals surface area contributed by atoms with Gasteiger partial charge >= 0.3 is 0 Å². The molecule has 6 nitrogen and oxygen atoms in total. The molecule has 0 aliphatic rings. The Morgan fingerprint density at radius 1 is 1.43 bits per heavy atom. The highest BCUT2D eigenvalue weighted by Crippen LogP contribution is 1.86. The number of nitrogens with one attached hydrogen (secondary N) is 2. The third-order valence-corrected chi connectivity index (χ3v) is 2.59. The molecule has 0 amide bonds. The van der Waals surface area contributed by atoms with E-state index in [4.69, 9.17) is 5.11 Å². The molecule has 3 N–H and O–H groups in total. The fraction of sp³-hybridized carbons (Fsp3) is 1.00. The zero-order valence-electron chi connectivity index (χ0n) is 8.65. The van der Waals surface area contributed by atoms with Crippen molar-refractivity contribution in [3.63, 3.8) is 0 Å². The molecule has 0 saturated heterocycles. The van der Waals surface area contributed by atoms with Gasteiger partial charge in [-0.3, -0.25) is 0 Å².